The number of aliphatic hydroxyl groups is 1. The number of halogens is 1. The van der Waals surface area contributed by atoms with Crippen LogP contribution in [0.15, 0.2) is 22.7 Å². The smallest absolute Gasteiger partial charge is 0.104 e. The normalized spacial score (nSPS) is 19.5. The lowest BCUT2D eigenvalue weighted by Crippen LogP contribution is -2.36. The standard InChI is InChI=1S/C14H19BrN2OS/c15-12-8-11(14(16)19)3-4-13(12)17-6-1-2-10(9-17)5-7-18/h3-4,8,10,18H,1-2,5-7,9H2,(H2,16,19). The summed E-state index contributed by atoms with van der Waals surface area (Å²) in [6.07, 6.45) is 3.27. The van der Waals surface area contributed by atoms with Gasteiger partial charge < -0.3 is 15.7 Å². The number of hydrogen-bond acceptors (Lipinski definition) is 3. The maximum absolute atomic E-state index is 9.07. The summed E-state index contributed by atoms with van der Waals surface area (Å²) < 4.78 is 1.03. The third-order valence-corrected chi connectivity index (χ3v) is 4.50. The van der Waals surface area contributed by atoms with E-state index in [4.69, 9.17) is 23.1 Å². The van der Waals surface area contributed by atoms with E-state index in [9.17, 15) is 0 Å². The molecule has 1 fully saturated rings. The molecule has 104 valence electrons. The zero-order chi connectivity index (χ0) is 13.8. The summed E-state index contributed by atoms with van der Waals surface area (Å²) in [7, 11) is 0. The average molecular weight is 343 g/mol. The average Bonchev–Trinajstić information content (AvgIpc) is 2.39. The maximum Gasteiger partial charge on any atom is 0.104 e. The molecular formula is C14H19BrN2OS. The molecule has 0 bridgehead atoms. The van der Waals surface area contributed by atoms with Crippen LogP contribution < -0.4 is 10.6 Å². The van der Waals surface area contributed by atoms with Gasteiger partial charge in [-0.3, -0.25) is 0 Å². The van der Waals surface area contributed by atoms with Gasteiger partial charge in [0, 0.05) is 29.7 Å². The molecule has 19 heavy (non-hydrogen) atoms. The van der Waals surface area contributed by atoms with Crippen LogP contribution in [0.3, 0.4) is 0 Å². The highest BCUT2D eigenvalue weighted by atomic mass is 79.9. The van der Waals surface area contributed by atoms with Crippen molar-refractivity contribution in [1.82, 2.24) is 0 Å². The molecule has 0 spiro atoms. The van der Waals surface area contributed by atoms with Gasteiger partial charge in [-0.1, -0.05) is 12.2 Å². The van der Waals surface area contributed by atoms with Gasteiger partial charge in [0.05, 0.1) is 5.69 Å². The van der Waals surface area contributed by atoms with E-state index >= 15 is 0 Å². The first-order valence-corrected chi connectivity index (χ1v) is 7.77. The van der Waals surface area contributed by atoms with Crippen molar-refractivity contribution in [3.63, 3.8) is 0 Å². The molecule has 1 aliphatic heterocycles. The number of anilines is 1. The molecule has 0 aromatic heterocycles. The highest BCUT2D eigenvalue weighted by Gasteiger charge is 2.21. The SMILES string of the molecule is NC(=S)c1ccc(N2CCCC(CCO)C2)c(Br)c1. The first kappa shape index (κ1) is 14.8. The Morgan fingerprint density at radius 3 is 2.95 bits per heavy atom. The molecule has 1 aromatic rings. The van der Waals surface area contributed by atoms with Crippen molar-refractivity contribution in [1.29, 1.82) is 0 Å². The molecule has 1 saturated heterocycles. The number of benzene rings is 1. The molecule has 1 atom stereocenters. The van der Waals surface area contributed by atoms with Crippen LogP contribution >= 0.6 is 28.1 Å². The summed E-state index contributed by atoms with van der Waals surface area (Å²) in [5.74, 6) is 0.584. The lowest BCUT2D eigenvalue weighted by atomic mass is 9.94. The Morgan fingerprint density at radius 2 is 2.32 bits per heavy atom. The van der Waals surface area contributed by atoms with Crippen LogP contribution in [0.1, 0.15) is 24.8 Å². The Morgan fingerprint density at radius 1 is 1.53 bits per heavy atom. The molecule has 1 unspecified atom stereocenters. The third kappa shape index (κ3) is 3.68. The lowest BCUT2D eigenvalue weighted by Gasteiger charge is -2.35. The zero-order valence-electron chi connectivity index (χ0n) is 10.8. The molecule has 1 heterocycles. The number of hydrogen-bond donors (Lipinski definition) is 2. The fraction of sp³-hybridized carbons (Fsp3) is 0.500. The van der Waals surface area contributed by atoms with E-state index in [2.05, 4.69) is 26.9 Å². The van der Waals surface area contributed by atoms with Crippen molar-refractivity contribution in [2.75, 3.05) is 24.6 Å². The highest BCUT2D eigenvalue weighted by molar-refractivity contribution is 9.10. The lowest BCUT2D eigenvalue weighted by molar-refractivity contribution is 0.244. The van der Waals surface area contributed by atoms with Crippen LogP contribution in [-0.2, 0) is 0 Å². The Kier molecular flexibility index (Phi) is 5.19. The molecule has 3 nitrogen and oxygen atoms in total. The second-order valence-corrected chi connectivity index (χ2v) is 6.29. The molecule has 3 N–H and O–H groups in total. The molecule has 2 rings (SSSR count). The van der Waals surface area contributed by atoms with Gasteiger partial charge in [0.1, 0.15) is 4.99 Å². The van der Waals surface area contributed by atoms with Crippen molar-refractivity contribution in [2.45, 2.75) is 19.3 Å². The number of nitrogens with zero attached hydrogens (tertiary/aromatic N) is 1. The van der Waals surface area contributed by atoms with Crippen molar-refractivity contribution in [3.8, 4) is 0 Å². The molecule has 1 aromatic carbocycles. The number of nitrogens with two attached hydrogens (primary N) is 1. The van der Waals surface area contributed by atoms with Gasteiger partial charge in [-0.25, -0.2) is 0 Å². The fourth-order valence-corrected chi connectivity index (χ4v) is 3.38. The topological polar surface area (TPSA) is 49.5 Å². The number of thiocarbonyl (C=S) groups is 1. The largest absolute Gasteiger partial charge is 0.396 e. The summed E-state index contributed by atoms with van der Waals surface area (Å²) in [4.78, 5) is 2.79. The van der Waals surface area contributed by atoms with Crippen molar-refractivity contribution in [2.24, 2.45) is 11.7 Å². The molecule has 1 aliphatic rings. The zero-order valence-corrected chi connectivity index (χ0v) is 13.2. The quantitative estimate of drug-likeness (QED) is 0.826. The second-order valence-electron chi connectivity index (χ2n) is 5.00. The monoisotopic (exact) mass is 342 g/mol. The van der Waals surface area contributed by atoms with Crippen LogP contribution in [0.2, 0.25) is 0 Å². The minimum Gasteiger partial charge on any atom is -0.396 e. The van der Waals surface area contributed by atoms with E-state index in [1.165, 1.54) is 18.5 Å². The van der Waals surface area contributed by atoms with E-state index in [0.717, 1.165) is 29.5 Å². The van der Waals surface area contributed by atoms with E-state index < -0.39 is 0 Å². The summed E-state index contributed by atoms with van der Waals surface area (Å²) in [6.45, 7) is 2.35. The maximum atomic E-state index is 9.07. The van der Waals surface area contributed by atoms with Crippen molar-refractivity contribution < 1.29 is 5.11 Å². The summed E-state index contributed by atoms with van der Waals surface area (Å²) in [6, 6.07) is 6.02. The van der Waals surface area contributed by atoms with Crippen LogP contribution in [-0.4, -0.2) is 29.8 Å². The van der Waals surface area contributed by atoms with Crippen LogP contribution in [0.4, 0.5) is 5.69 Å². The Bertz CT molecular complexity index is 465. The van der Waals surface area contributed by atoms with Crippen molar-refractivity contribution >= 4 is 38.8 Å². The second kappa shape index (κ2) is 6.68. The predicted molar refractivity (Wildman–Crippen MR) is 86.7 cm³/mol. The Balaban J connectivity index is 2.15. The van der Waals surface area contributed by atoms with Gasteiger partial charge in [-0.05, 0) is 59.3 Å². The van der Waals surface area contributed by atoms with Gasteiger partial charge >= 0.3 is 0 Å². The molecule has 0 aliphatic carbocycles. The van der Waals surface area contributed by atoms with Crippen LogP contribution in [0, 0.1) is 5.92 Å². The van der Waals surface area contributed by atoms with Gasteiger partial charge in [0.15, 0.2) is 0 Å². The molecule has 0 amide bonds. The molecular weight excluding hydrogens is 324 g/mol. The highest BCUT2D eigenvalue weighted by Crippen LogP contribution is 2.31. The molecule has 0 radical (unpaired) electrons. The van der Waals surface area contributed by atoms with E-state index in [0.29, 0.717) is 10.9 Å². The molecule has 5 heteroatoms. The van der Waals surface area contributed by atoms with Crippen molar-refractivity contribution in [3.05, 3.63) is 28.2 Å². The first-order valence-electron chi connectivity index (χ1n) is 6.57. The third-order valence-electron chi connectivity index (χ3n) is 3.63. The fourth-order valence-electron chi connectivity index (χ4n) is 2.62. The van der Waals surface area contributed by atoms with Crippen LogP contribution in [0.25, 0.3) is 0 Å². The van der Waals surface area contributed by atoms with E-state index in [1.807, 2.05) is 12.1 Å². The molecule has 0 saturated carbocycles. The van der Waals surface area contributed by atoms with Crippen LogP contribution in [0.5, 0.6) is 0 Å². The summed E-state index contributed by atoms with van der Waals surface area (Å²) >= 11 is 8.59. The first-order chi connectivity index (χ1) is 9.11. The number of aliphatic hydroxyl groups excluding tert-OH is 1. The number of rotatable bonds is 4. The minimum absolute atomic E-state index is 0.278. The van der Waals surface area contributed by atoms with Gasteiger partial charge in [0.2, 0.25) is 0 Å². The van der Waals surface area contributed by atoms with E-state index in [-0.39, 0.29) is 6.61 Å². The Labute approximate surface area is 127 Å². The minimum atomic E-state index is 0.278. The summed E-state index contributed by atoms with van der Waals surface area (Å²) in [5, 5.41) is 9.07. The predicted octanol–water partition coefficient (Wildman–Crippen LogP) is 2.68. The van der Waals surface area contributed by atoms with Gasteiger partial charge in [-0.2, -0.15) is 0 Å². The Hall–Kier alpha value is -0.650. The summed E-state index contributed by atoms with van der Waals surface area (Å²) in [5.41, 5.74) is 7.71. The van der Waals surface area contributed by atoms with E-state index in [1.54, 1.807) is 0 Å². The van der Waals surface area contributed by atoms with Gasteiger partial charge in [-0.15, -0.1) is 0 Å². The van der Waals surface area contributed by atoms with Gasteiger partial charge in [0.25, 0.3) is 0 Å². The number of piperidine rings is 1.